The van der Waals surface area contributed by atoms with Crippen molar-refractivity contribution in [3.05, 3.63) is 106 Å². The topological polar surface area (TPSA) is 108 Å². The van der Waals surface area contributed by atoms with Crippen molar-refractivity contribution in [2.24, 2.45) is 0 Å². The van der Waals surface area contributed by atoms with Crippen LogP contribution in [-0.2, 0) is 48.4 Å². The summed E-state index contributed by atoms with van der Waals surface area (Å²) < 4.78 is 13.7. The number of phenols is 1. The number of ether oxygens (including phenoxy) is 2. The number of aromatic hydroxyl groups is 1. The first-order valence-electron chi connectivity index (χ1n) is 20.0. The standard InChI is InChI=1S/C45H53N5O6/c1-45(2,3)56-44(54)48-18-16-31-24-37(41-26-39(40-11-7-8-17-49(40)41)42(52)46(4)34-12-14-36(51)15-13-34)38(25-33(31)27-48)43(53)50-28-32-10-6-5-9-30(32)23-35(50)29-47-19-21-55-22-20-47/h5-6,9-10,12-15,24-26,35,51H,7-8,11,16-23,27-29H2,1-4H3/t35-/m0/s1. The van der Waals surface area contributed by atoms with Crippen molar-refractivity contribution in [3.8, 4) is 17.0 Å². The van der Waals surface area contributed by atoms with Gasteiger partial charge in [-0.2, -0.15) is 0 Å². The molecule has 5 heterocycles. The number of rotatable bonds is 6. The van der Waals surface area contributed by atoms with E-state index in [0.29, 0.717) is 56.1 Å². The molecule has 0 bridgehead atoms. The Bertz CT molecular complexity index is 2130. The highest BCUT2D eigenvalue weighted by molar-refractivity contribution is 6.08. The second kappa shape index (κ2) is 15.4. The molecule has 0 unspecified atom stereocenters. The van der Waals surface area contributed by atoms with Gasteiger partial charge < -0.3 is 33.8 Å². The number of hydrogen-bond donors (Lipinski definition) is 1. The molecule has 1 aromatic heterocycles. The number of benzene rings is 3. The van der Waals surface area contributed by atoms with Crippen molar-refractivity contribution in [3.63, 3.8) is 0 Å². The molecule has 56 heavy (non-hydrogen) atoms. The van der Waals surface area contributed by atoms with Crippen molar-refractivity contribution in [2.45, 2.75) is 84.2 Å². The van der Waals surface area contributed by atoms with E-state index >= 15 is 4.79 Å². The minimum absolute atomic E-state index is 0.0463. The van der Waals surface area contributed by atoms with Gasteiger partial charge in [-0.15, -0.1) is 0 Å². The van der Waals surface area contributed by atoms with Crippen LogP contribution in [0.4, 0.5) is 10.5 Å². The maximum absolute atomic E-state index is 15.4. The van der Waals surface area contributed by atoms with Crippen molar-refractivity contribution in [1.82, 2.24) is 19.3 Å². The summed E-state index contributed by atoms with van der Waals surface area (Å²) in [6.07, 6.45) is 3.72. The van der Waals surface area contributed by atoms with Gasteiger partial charge in [0.1, 0.15) is 11.4 Å². The van der Waals surface area contributed by atoms with Gasteiger partial charge in [-0.3, -0.25) is 14.5 Å². The molecule has 1 N–H and O–H groups in total. The first kappa shape index (κ1) is 37.8. The lowest BCUT2D eigenvalue weighted by Crippen LogP contribution is -2.52. The highest BCUT2D eigenvalue weighted by atomic mass is 16.6. The Morgan fingerprint density at radius 2 is 1.59 bits per heavy atom. The van der Waals surface area contributed by atoms with E-state index in [2.05, 4.69) is 38.6 Å². The molecule has 4 aromatic rings. The second-order valence-electron chi connectivity index (χ2n) is 16.7. The van der Waals surface area contributed by atoms with Crippen LogP contribution in [0, 0.1) is 0 Å². The van der Waals surface area contributed by atoms with E-state index < -0.39 is 5.60 Å². The number of morpholine rings is 1. The van der Waals surface area contributed by atoms with Crippen molar-refractivity contribution < 1.29 is 29.0 Å². The zero-order valence-corrected chi connectivity index (χ0v) is 33.1. The highest BCUT2D eigenvalue weighted by Crippen LogP contribution is 2.38. The van der Waals surface area contributed by atoms with Gasteiger partial charge in [0.05, 0.1) is 18.8 Å². The summed E-state index contributed by atoms with van der Waals surface area (Å²) in [5, 5.41) is 9.89. The fourth-order valence-electron chi connectivity index (χ4n) is 8.76. The van der Waals surface area contributed by atoms with E-state index in [4.69, 9.17) is 9.47 Å². The summed E-state index contributed by atoms with van der Waals surface area (Å²) in [4.78, 5) is 50.9. The molecule has 0 radical (unpaired) electrons. The quantitative estimate of drug-likeness (QED) is 0.234. The number of phenolic OH excluding ortho intramolecular Hbond substituents is 1. The van der Waals surface area contributed by atoms with E-state index in [9.17, 15) is 14.7 Å². The normalized spacial score (nSPS) is 18.5. The average Bonchev–Trinajstić information content (AvgIpc) is 3.58. The largest absolute Gasteiger partial charge is 0.508 e. The monoisotopic (exact) mass is 759 g/mol. The van der Waals surface area contributed by atoms with Gasteiger partial charge in [-0.25, -0.2) is 4.79 Å². The summed E-state index contributed by atoms with van der Waals surface area (Å²) in [5.41, 5.74) is 8.38. The number of fused-ring (bicyclic) bond motifs is 3. The van der Waals surface area contributed by atoms with E-state index in [1.54, 1.807) is 41.1 Å². The van der Waals surface area contributed by atoms with Crippen LogP contribution in [-0.4, -0.2) is 100 Å². The van der Waals surface area contributed by atoms with Crippen LogP contribution in [0.25, 0.3) is 11.3 Å². The van der Waals surface area contributed by atoms with Gasteiger partial charge in [0.15, 0.2) is 0 Å². The minimum atomic E-state index is -0.623. The number of hydrogen-bond acceptors (Lipinski definition) is 7. The van der Waals surface area contributed by atoms with Gasteiger partial charge in [-0.1, -0.05) is 24.3 Å². The van der Waals surface area contributed by atoms with Crippen LogP contribution in [0.3, 0.4) is 0 Å². The van der Waals surface area contributed by atoms with Crippen molar-refractivity contribution in [2.75, 3.05) is 51.3 Å². The molecule has 0 spiro atoms. The van der Waals surface area contributed by atoms with E-state index in [1.165, 1.54) is 5.56 Å². The fourth-order valence-corrected chi connectivity index (χ4v) is 8.76. The molecule has 3 aromatic carbocycles. The number of carbonyl (C=O) groups excluding carboxylic acids is 3. The maximum atomic E-state index is 15.4. The van der Waals surface area contributed by atoms with Crippen LogP contribution >= 0.6 is 0 Å². The molecule has 4 aliphatic heterocycles. The average molecular weight is 760 g/mol. The Labute approximate surface area is 329 Å². The molecule has 3 amide bonds. The third-order valence-electron chi connectivity index (χ3n) is 11.7. The lowest BCUT2D eigenvalue weighted by molar-refractivity contribution is 0.0193. The zero-order valence-electron chi connectivity index (χ0n) is 33.1. The Morgan fingerprint density at radius 1 is 0.839 bits per heavy atom. The third kappa shape index (κ3) is 7.67. The second-order valence-corrected chi connectivity index (χ2v) is 16.7. The molecule has 4 aliphatic rings. The zero-order chi connectivity index (χ0) is 39.1. The number of nitrogens with zero attached hydrogens (tertiary/aromatic N) is 5. The first-order valence-corrected chi connectivity index (χ1v) is 20.0. The van der Waals surface area contributed by atoms with Crippen molar-refractivity contribution in [1.29, 1.82) is 0 Å². The predicted molar refractivity (Wildman–Crippen MR) is 215 cm³/mol. The molecule has 0 aliphatic carbocycles. The summed E-state index contributed by atoms with van der Waals surface area (Å²) in [7, 11) is 1.76. The van der Waals surface area contributed by atoms with E-state index in [0.717, 1.165) is 85.5 Å². The predicted octanol–water partition coefficient (Wildman–Crippen LogP) is 6.67. The first-order chi connectivity index (χ1) is 26.9. The number of amides is 3. The van der Waals surface area contributed by atoms with Gasteiger partial charge >= 0.3 is 6.09 Å². The number of carbonyl (C=O) groups is 3. The minimum Gasteiger partial charge on any atom is -0.508 e. The molecule has 11 nitrogen and oxygen atoms in total. The SMILES string of the molecule is CN(C(=O)c1cc(-c2cc3c(cc2C(=O)N2Cc4ccccc4C[C@H]2CN2CCOCC2)CN(C(=O)OC(C)(C)C)CC3)n2c1CCCC2)c1ccc(O)cc1. The van der Waals surface area contributed by atoms with Crippen LogP contribution in [0.15, 0.2) is 66.7 Å². The Hall–Kier alpha value is -5.13. The van der Waals surface area contributed by atoms with Crippen molar-refractivity contribution >= 4 is 23.6 Å². The van der Waals surface area contributed by atoms with Gasteiger partial charge in [0.2, 0.25) is 0 Å². The maximum Gasteiger partial charge on any atom is 0.410 e. The fraction of sp³-hybridized carbons (Fsp3) is 0.444. The smallest absolute Gasteiger partial charge is 0.410 e. The molecule has 1 fully saturated rings. The summed E-state index contributed by atoms with van der Waals surface area (Å²) >= 11 is 0. The lowest BCUT2D eigenvalue weighted by atomic mass is 9.89. The Balaban J connectivity index is 1.23. The molecule has 294 valence electrons. The summed E-state index contributed by atoms with van der Waals surface area (Å²) in [6, 6.07) is 21.2. The number of aromatic nitrogens is 1. The van der Waals surface area contributed by atoms with E-state index in [-0.39, 0.29) is 29.7 Å². The summed E-state index contributed by atoms with van der Waals surface area (Å²) in [5.74, 6) is -0.0450. The van der Waals surface area contributed by atoms with E-state index in [1.807, 2.05) is 39.0 Å². The highest BCUT2D eigenvalue weighted by Gasteiger charge is 2.36. The van der Waals surface area contributed by atoms with Crippen LogP contribution in [0.1, 0.15) is 82.3 Å². The number of anilines is 1. The van der Waals surface area contributed by atoms with Gasteiger partial charge in [0, 0.05) is 87.1 Å². The van der Waals surface area contributed by atoms with Gasteiger partial charge in [0.25, 0.3) is 11.8 Å². The molecule has 1 saturated heterocycles. The molecule has 11 heteroatoms. The molecular formula is C45H53N5O6. The third-order valence-corrected chi connectivity index (χ3v) is 11.7. The molecule has 0 saturated carbocycles. The molecule has 8 rings (SSSR count). The van der Waals surface area contributed by atoms with Crippen LogP contribution < -0.4 is 4.90 Å². The van der Waals surface area contributed by atoms with Crippen LogP contribution in [0.5, 0.6) is 5.75 Å². The molecule has 1 atom stereocenters. The van der Waals surface area contributed by atoms with Gasteiger partial charge in [-0.05, 0) is 118 Å². The van der Waals surface area contributed by atoms with Crippen LogP contribution in [0.2, 0.25) is 0 Å². The summed E-state index contributed by atoms with van der Waals surface area (Å²) in [6.45, 7) is 11.5. The molecular weight excluding hydrogens is 707 g/mol. The lowest BCUT2D eigenvalue weighted by Gasteiger charge is -2.41. The Morgan fingerprint density at radius 3 is 2.34 bits per heavy atom. The Kier molecular flexibility index (Phi) is 10.4.